The number of rotatable bonds is 5. The molecule has 10 aromatic rings. The highest BCUT2D eigenvalue weighted by atomic mass is 16.3. The molecule has 0 N–H and O–H groups in total. The first kappa shape index (κ1) is 25.9. The molecule has 10 rings (SSSR count). The van der Waals surface area contributed by atoms with E-state index in [1.54, 1.807) is 0 Å². The Balaban J connectivity index is 1.13. The van der Waals surface area contributed by atoms with Crippen LogP contribution in [-0.4, -0.2) is 4.98 Å². The number of anilines is 3. The largest absolute Gasteiger partial charge is 0.456 e. The molecule has 0 unspecified atom stereocenters. The number of furan rings is 1. The molecular formula is C43H26N2O2. The van der Waals surface area contributed by atoms with Gasteiger partial charge in [0.05, 0.1) is 0 Å². The highest BCUT2D eigenvalue weighted by Crippen LogP contribution is 2.45. The van der Waals surface area contributed by atoms with Crippen LogP contribution in [0.5, 0.6) is 0 Å². The van der Waals surface area contributed by atoms with Crippen LogP contribution in [0.1, 0.15) is 0 Å². The summed E-state index contributed by atoms with van der Waals surface area (Å²) in [6, 6.07) is 55.0. The first-order valence-electron chi connectivity index (χ1n) is 15.8. The minimum absolute atomic E-state index is 0.618. The van der Waals surface area contributed by atoms with E-state index in [9.17, 15) is 0 Å². The van der Waals surface area contributed by atoms with Gasteiger partial charge in [-0.05, 0) is 88.6 Å². The summed E-state index contributed by atoms with van der Waals surface area (Å²) in [5.74, 6) is 0.618. The van der Waals surface area contributed by atoms with Crippen LogP contribution >= 0.6 is 0 Å². The van der Waals surface area contributed by atoms with Gasteiger partial charge >= 0.3 is 0 Å². The zero-order valence-electron chi connectivity index (χ0n) is 25.2. The lowest BCUT2D eigenvalue weighted by molar-refractivity contribution is 0.623. The minimum atomic E-state index is 0.618. The van der Waals surface area contributed by atoms with Crippen molar-refractivity contribution in [2.75, 3.05) is 4.90 Å². The van der Waals surface area contributed by atoms with Gasteiger partial charge in [-0.2, -0.15) is 0 Å². The summed E-state index contributed by atoms with van der Waals surface area (Å²) in [6.45, 7) is 0. The molecule has 0 saturated heterocycles. The summed E-state index contributed by atoms with van der Waals surface area (Å²) >= 11 is 0. The zero-order chi connectivity index (χ0) is 30.9. The van der Waals surface area contributed by atoms with Gasteiger partial charge in [-0.25, -0.2) is 4.98 Å². The second-order valence-electron chi connectivity index (χ2n) is 12.0. The van der Waals surface area contributed by atoms with Crippen molar-refractivity contribution in [1.82, 2.24) is 4.98 Å². The van der Waals surface area contributed by atoms with Gasteiger partial charge in [-0.1, -0.05) is 91.0 Å². The third-order valence-corrected chi connectivity index (χ3v) is 9.21. The molecule has 2 heterocycles. The second-order valence-corrected chi connectivity index (χ2v) is 12.0. The molecule has 0 atom stereocenters. The molecule has 0 radical (unpaired) electrons. The topological polar surface area (TPSA) is 42.4 Å². The van der Waals surface area contributed by atoms with Crippen LogP contribution in [0.15, 0.2) is 167 Å². The number of oxazole rings is 1. The van der Waals surface area contributed by atoms with Crippen molar-refractivity contribution in [2.45, 2.75) is 0 Å². The fourth-order valence-electron chi connectivity index (χ4n) is 7.02. The molecule has 0 spiro atoms. The Hall–Kier alpha value is -6.39. The minimum Gasteiger partial charge on any atom is -0.456 e. The molecule has 47 heavy (non-hydrogen) atoms. The molecule has 0 aliphatic carbocycles. The maximum atomic E-state index is 6.48. The number of nitrogens with zero attached hydrogens (tertiary/aromatic N) is 2. The summed E-state index contributed by atoms with van der Waals surface area (Å²) in [5, 5.41) is 6.65. The Kier molecular flexibility index (Phi) is 5.54. The van der Waals surface area contributed by atoms with Gasteiger partial charge in [0, 0.05) is 44.2 Å². The van der Waals surface area contributed by atoms with E-state index < -0.39 is 0 Å². The van der Waals surface area contributed by atoms with E-state index in [0.717, 1.165) is 77.6 Å². The number of para-hydroxylation sites is 1. The van der Waals surface area contributed by atoms with Crippen molar-refractivity contribution in [3.05, 3.63) is 158 Å². The Bertz CT molecular complexity index is 2720. The lowest BCUT2D eigenvalue weighted by atomic mass is 9.96. The lowest BCUT2D eigenvalue weighted by Crippen LogP contribution is -2.09. The smallest absolute Gasteiger partial charge is 0.227 e. The summed E-state index contributed by atoms with van der Waals surface area (Å²) in [5.41, 5.74) is 9.74. The van der Waals surface area contributed by atoms with Crippen LogP contribution in [0.2, 0.25) is 0 Å². The van der Waals surface area contributed by atoms with Crippen molar-refractivity contribution in [3.63, 3.8) is 0 Å². The quantitative estimate of drug-likeness (QED) is 0.184. The second kappa shape index (κ2) is 10.1. The molecule has 0 amide bonds. The fraction of sp³-hybridized carbons (Fsp3) is 0. The summed E-state index contributed by atoms with van der Waals surface area (Å²) < 4.78 is 12.9. The number of hydrogen-bond donors (Lipinski definition) is 0. The average molecular weight is 603 g/mol. The fourth-order valence-corrected chi connectivity index (χ4v) is 7.02. The predicted molar refractivity (Wildman–Crippen MR) is 193 cm³/mol. The first-order valence-corrected chi connectivity index (χ1v) is 15.8. The molecule has 220 valence electrons. The van der Waals surface area contributed by atoms with E-state index in [1.165, 1.54) is 10.8 Å². The molecule has 2 aromatic heterocycles. The monoisotopic (exact) mass is 602 g/mol. The maximum Gasteiger partial charge on any atom is 0.227 e. The molecule has 0 saturated carbocycles. The summed E-state index contributed by atoms with van der Waals surface area (Å²) in [7, 11) is 0. The highest BCUT2D eigenvalue weighted by molar-refractivity contribution is 6.31. The number of fused-ring (bicyclic) bond motifs is 4. The van der Waals surface area contributed by atoms with Gasteiger partial charge in [-0.15, -0.1) is 0 Å². The van der Waals surface area contributed by atoms with Gasteiger partial charge in [0.1, 0.15) is 16.7 Å². The zero-order valence-corrected chi connectivity index (χ0v) is 25.2. The van der Waals surface area contributed by atoms with E-state index >= 15 is 0 Å². The standard InChI is InChI=1S/C43H26N2O2/c1-3-11-29(12-4-1)43-44-41-36-25-31(26-38-40(36)39-35(42(41)47-43)16-9-17-37(39)46-38)28-18-21-33(22-19-28)45(32-14-5-2-6-15-32)34-23-20-27-10-7-8-13-30(27)24-34/h1-26H. The van der Waals surface area contributed by atoms with Crippen LogP contribution in [-0.2, 0) is 0 Å². The van der Waals surface area contributed by atoms with E-state index in [1.807, 2.05) is 42.5 Å². The van der Waals surface area contributed by atoms with Crippen LogP contribution in [0.25, 0.3) is 77.2 Å². The summed E-state index contributed by atoms with van der Waals surface area (Å²) in [4.78, 5) is 7.36. The summed E-state index contributed by atoms with van der Waals surface area (Å²) in [6.07, 6.45) is 0. The number of hydrogen-bond acceptors (Lipinski definition) is 4. The van der Waals surface area contributed by atoms with Crippen LogP contribution in [0, 0.1) is 0 Å². The maximum absolute atomic E-state index is 6.48. The van der Waals surface area contributed by atoms with E-state index in [0.29, 0.717) is 5.89 Å². The molecular weight excluding hydrogens is 576 g/mol. The molecule has 0 aliphatic heterocycles. The van der Waals surface area contributed by atoms with E-state index in [-0.39, 0.29) is 0 Å². The average Bonchev–Trinajstić information content (AvgIpc) is 3.76. The van der Waals surface area contributed by atoms with Gasteiger partial charge in [0.25, 0.3) is 0 Å². The Morgan fingerprint density at radius 3 is 1.96 bits per heavy atom. The third kappa shape index (κ3) is 4.05. The Labute approximate surface area is 270 Å². The van der Waals surface area contributed by atoms with E-state index in [4.69, 9.17) is 13.8 Å². The van der Waals surface area contributed by atoms with Crippen LogP contribution in [0.4, 0.5) is 17.1 Å². The first-order chi connectivity index (χ1) is 23.3. The predicted octanol–water partition coefficient (Wildman–Crippen LogP) is 12.3. The third-order valence-electron chi connectivity index (χ3n) is 9.21. The van der Waals surface area contributed by atoms with Crippen LogP contribution < -0.4 is 4.90 Å². The number of aromatic nitrogens is 1. The SMILES string of the molecule is c1ccc(-c2nc3c4cc(-c5ccc(N(c6ccccc6)c6ccc7ccccc7c6)cc5)cc5oc6cccc(c3o2)c6c54)cc1. The molecule has 0 aliphatic rings. The number of benzene rings is 8. The van der Waals surface area contributed by atoms with Gasteiger partial charge in [-0.3, -0.25) is 0 Å². The van der Waals surface area contributed by atoms with Gasteiger partial charge in [0.15, 0.2) is 5.58 Å². The molecule has 4 nitrogen and oxygen atoms in total. The lowest BCUT2D eigenvalue weighted by Gasteiger charge is -2.26. The van der Waals surface area contributed by atoms with Crippen molar-refractivity contribution >= 4 is 71.6 Å². The van der Waals surface area contributed by atoms with Crippen molar-refractivity contribution in [2.24, 2.45) is 0 Å². The van der Waals surface area contributed by atoms with E-state index in [2.05, 4.69) is 120 Å². The van der Waals surface area contributed by atoms with Crippen LogP contribution in [0.3, 0.4) is 0 Å². The van der Waals surface area contributed by atoms with Crippen molar-refractivity contribution < 1.29 is 8.83 Å². The van der Waals surface area contributed by atoms with Crippen molar-refractivity contribution in [3.8, 4) is 22.6 Å². The normalized spacial score (nSPS) is 11.8. The highest BCUT2D eigenvalue weighted by Gasteiger charge is 2.23. The molecule has 8 aromatic carbocycles. The van der Waals surface area contributed by atoms with Crippen molar-refractivity contribution in [1.29, 1.82) is 0 Å². The van der Waals surface area contributed by atoms with Gasteiger partial charge in [0.2, 0.25) is 5.89 Å². The Morgan fingerprint density at radius 1 is 0.426 bits per heavy atom. The Morgan fingerprint density at radius 2 is 1.13 bits per heavy atom. The molecule has 0 fully saturated rings. The molecule has 4 heteroatoms. The van der Waals surface area contributed by atoms with Gasteiger partial charge < -0.3 is 13.7 Å². The molecule has 0 bridgehead atoms.